The van der Waals surface area contributed by atoms with Crippen LogP contribution in [0.4, 0.5) is 0 Å². The van der Waals surface area contributed by atoms with E-state index in [0.29, 0.717) is 0 Å². The lowest BCUT2D eigenvalue weighted by Crippen LogP contribution is -2.53. The molecule has 3 heteroatoms. The Bertz CT molecular complexity index is 364. The van der Waals surface area contributed by atoms with Crippen LogP contribution in [0, 0.1) is 8.99 Å². The van der Waals surface area contributed by atoms with Crippen molar-refractivity contribution in [3.05, 3.63) is 27.8 Å². The molecule has 0 bridgehead atoms. The fourth-order valence-corrected chi connectivity index (χ4v) is 2.55. The van der Waals surface area contributed by atoms with Gasteiger partial charge in [0.15, 0.2) is 0 Å². The van der Waals surface area contributed by atoms with Gasteiger partial charge in [0.1, 0.15) is 11.9 Å². The molecule has 2 unspecified atom stereocenters. The van der Waals surface area contributed by atoms with Crippen molar-refractivity contribution in [1.29, 1.82) is 0 Å². The summed E-state index contributed by atoms with van der Waals surface area (Å²) in [6, 6.07) is 8.09. The molecular weight excluding hydrogens is 322 g/mol. The molecule has 15 heavy (non-hydrogen) atoms. The van der Waals surface area contributed by atoms with Crippen molar-refractivity contribution in [3.63, 3.8) is 0 Å². The van der Waals surface area contributed by atoms with Crippen molar-refractivity contribution in [2.24, 2.45) is 5.41 Å². The van der Waals surface area contributed by atoms with E-state index >= 15 is 0 Å². The molecule has 0 spiro atoms. The van der Waals surface area contributed by atoms with Crippen LogP contribution in [0.15, 0.2) is 24.3 Å². The van der Waals surface area contributed by atoms with E-state index in [2.05, 4.69) is 42.5 Å². The Morgan fingerprint density at radius 1 is 1.40 bits per heavy atom. The van der Waals surface area contributed by atoms with Gasteiger partial charge in [0, 0.05) is 17.2 Å². The Hall–Kier alpha value is 0.0400. The Labute approximate surface area is 109 Å². The number of alkyl halides is 1. The molecular formula is C12H14ClIO. The molecule has 1 aromatic carbocycles. The van der Waals surface area contributed by atoms with E-state index in [-0.39, 0.29) is 16.9 Å². The monoisotopic (exact) mass is 336 g/mol. The molecule has 1 aromatic rings. The number of hydrogen-bond donors (Lipinski definition) is 0. The van der Waals surface area contributed by atoms with Crippen molar-refractivity contribution in [1.82, 2.24) is 0 Å². The Kier molecular flexibility index (Phi) is 3.17. The lowest BCUT2D eigenvalue weighted by molar-refractivity contribution is -0.0135. The van der Waals surface area contributed by atoms with Gasteiger partial charge in [-0.2, -0.15) is 0 Å². The van der Waals surface area contributed by atoms with Crippen molar-refractivity contribution < 1.29 is 4.74 Å². The van der Waals surface area contributed by atoms with Crippen molar-refractivity contribution in [3.8, 4) is 5.75 Å². The van der Waals surface area contributed by atoms with Gasteiger partial charge in [-0.3, -0.25) is 0 Å². The molecule has 1 aliphatic rings. The molecule has 0 aromatic heterocycles. The number of hydrogen-bond acceptors (Lipinski definition) is 1. The predicted molar refractivity (Wildman–Crippen MR) is 71.6 cm³/mol. The smallest absolute Gasteiger partial charge is 0.133 e. The first-order chi connectivity index (χ1) is 7.01. The summed E-state index contributed by atoms with van der Waals surface area (Å²) in [6.45, 7) is 4.32. The second-order valence-corrected chi connectivity index (χ2v) is 6.25. The third-order valence-electron chi connectivity index (χ3n) is 3.16. The fraction of sp³-hybridized carbons (Fsp3) is 0.500. The highest BCUT2D eigenvalue weighted by Gasteiger charge is 2.49. The average molecular weight is 337 g/mol. The molecule has 0 aliphatic heterocycles. The van der Waals surface area contributed by atoms with Gasteiger partial charge in [-0.1, -0.05) is 26.0 Å². The van der Waals surface area contributed by atoms with E-state index < -0.39 is 0 Å². The molecule has 1 nitrogen and oxygen atoms in total. The molecule has 1 saturated carbocycles. The highest BCUT2D eigenvalue weighted by molar-refractivity contribution is 14.1. The van der Waals surface area contributed by atoms with Gasteiger partial charge in [0.2, 0.25) is 0 Å². The van der Waals surface area contributed by atoms with Gasteiger partial charge in [-0.05, 0) is 34.7 Å². The van der Waals surface area contributed by atoms with Crippen LogP contribution in [0.3, 0.4) is 0 Å². The van der Waals surface area contributed by atoms with Crippen LogP contribution in [0.1, 0.15) is 20.3 Å². The van der Waals surface area contributed by atoms with Gasteiger partial charge in [-0.15, -0.1) is 11.6 Å². The van der Waals surface area contributed by atoms with Crippen LogP contribution in [0.2, 0.25) is 0 Å². The second-order valence-electron chi connectivity index (χ2n) is 4.56. The summed E-state index contributed by atoms with van der Waals surface area (Å²) in [5, 5.41) is 0.240. The standard InChI is InChI=1S/C12H14ClIO/c1-12(2)10(13)7-11(12)15-9-6-4-3-5-8(9)14/h3-6,10-11H,7H2,1-2H3. The average Bonchev–Trinajstić information content (AvgIpc) is 2.20. The molecule has 1 fully saturated rings. The summed E-state index contributed by atoms with van der Waals surface area (Å²) in [6.07, 6.45) is 1.19. The molecule has 0 amide bonds. The number of para-hydroxylation sites is 1. The maximum absolute atomic E-state index is 6.16. The molecule has 2 atom stereocenters. The van der Waals surface area contributed by atoms with E-state index in [1.54, 1.807) is 0 Å². The van der Waals surface area contributed by atoms with Crippen LogP contribution in [-0.2, 0) is 0 Å². The summed E-state index contributed by atoms with van der Waals surface area (Å²) >= 11 is 8.45. The largest absolute Gasteiger partial charge is 0.489 e. The minimum atomic E-state index is 0.0838. The van der Waals surface area contributed by atoms with E-state index in [1.165, 1.54) is 0 Å². The van der Waals surface area contributed by atoms with Crippen LogP contribution < -0.4 is 4.74 Å². The zero-order valence-electron chi connectivity index (χ0n) is 8.84. The van der Waals surface area contributed by atoms with Gasteiger partial charge in [0.25, 0.3) is 0 Å². The first-order valence-electron chi connectivity index (χ1n) is 5.07. The van der Waals surface area contributed by atoms with Crippen molar-refractivity contribution >= 4 is 34.2 Å². The van der Waals surface area contributed by atoms with Crippen LogP contribution in [0.25, 0.3) is 0 Å². The van der Waals surface area contributed by atoms with E-state index in [4.69, 9.17) is 16.3 Å². The first kappa shape index (κ1) is 11.5. The van der Waals surface area contributed by atoms with Crippen LogP contribution >= 0.6 is 34.2 Å². The van der Waals surface area contributed by atoms with Crippen molar-refractivity contribution in [2.45, 2.75) is 31.7 Å². The first-order valence-corrected chi connectivity index (χ1v) is 6.58. The quantitative estimate of drug-likeness (QED) is 0.584. The lowest BCUT2D eigenvalue weighted by atomic mass is 9.68. The maximum atomic E-state index is 6.16. The third-order valence-corrected chi connectivity index (χ3v) is 4.80. The number of ether oxygens (including phenoxy) is 1. The van der Waals surface area contributed by atoms with Crippen molar-refractivity contribution in [2.75, 3.05) is 0 Å². The summed E-state index contributed by atoms with van der Waals surface area (Å²) < 4.78 is 7.13. The van der Waals surface area contributed by atoms with Gasteiger partial charge in [-0.25, -0.2) is 0 Å². The molecule has 0 saturated heterocycles. The number of rotatable bonds is 2. The maximum Gasteiger partial charge on any atom is 0.133 e. The van der Waals surface area contributed by atoms with E-state index in [0.717, 1.165) is 15.7 Å². The normalized spacial score (nSPS) is 28.3. The third kappa shape index (κ3) is 2.11. The minimum absolute atomic E-state index is 0.0838. The van der Waals surface area contributed by atoms with Gasteiger partial charge in [0.05, 0.1) is 3.57 Å². The van der Waals surface area contributed by atoms with Gasteiger partial charge >= 0.3 is 0 Å². The summed E-state index contributed by atoms with van der Waals surface area (Å²) in [5.41, 5.74) is 0.0838. The molecule has 0 N–H and O–H groups in total. The summed E-state index contributed by atoms with van der Waals surface area (Å²) in [7, 11) is 0. The lowest BCUT2D eigenvalue weighted by Gasteiger charge is -2.48. The van der Waals surface area contributed by atoms with Crippen LogP contribution in [0.5, 0.6) is 5.75 Å². The van der Waals surface area contributed by atoms with Crippen LogP contribution in [-0.4, -0.2) is 11.5 Å². The summed E-state index contributed by atoms with van der Waals surface area (Å²) in [5.74, 6) is 0.972. The predicted octanol–water partition coefficient (Wildman–Crippen LogP) is 4.08. The molecule has 0 heterocycles. The molecule has 0 radical (unpaired) electrons. The Morgan fingerprint density at radius 3 is 2.60 bits per heavy atom. The van der Waals surface area contributed by atoms with Gasteiger partial charge < -0.3 is 4.74 Å². The summed E-state index contributed by atoms with van der Waals surface area (Å²) in [4.78, 5) is 0. The molecule has 2 rings (SSSR count). The Morgan fingerprint density at radius 2 is 2.07 bits per heavy atom. The topological polar surface area (TPSA) is 9.23 Å². The fourth-order valence-electron chi connectivity index (χ4n) is 1.73. The van der Waals surface area contributed by atoms with E-state index in [9.17, 15) is 0 Å². The number of benzene rings is 1. The highest BCUT2D eigenvalue weighted by Crippen LogP contribution is 2.46. The minimum Gasteiger partial charge on any atom is -0.489 e. The number of halogens is 2. The zero-order valence-corrected chi connectivity index (χ0v) is 11.7. The zero-order chi connectivity index (χ0) is 11.1. The second kappa shape index (κ2) is 4.13. The van der Waals surface area contributed by atoms with E-state index in [1.807, 2.05) is 18.2 Å². The Balaban J connectivity index is 2.08. The SMILES string of the molecule is CC1(C)C(Cl)CC1Oc1ccccc1I. The highest BCUT2D eigenvalue weighted by atomic mass is 127. The molecule has 82 valence electrons. The molecule has 1 aliphatic carbocycles.